The van der Waals surface area contributed by atoms with Crippen molar-refractivity contribution in [1.82, 2.24) is 5.32 Å². The minimum absolute atomic E-state index is 0.167. The van der Waals surface area contributed by atoms with Gasteiger partial charge in [-0.1, -0.05) is 132 Å². The van der Waals surface area contributed by atoms with Crippen LogP contribution in [0.3, 0.4) is 0 Å². The number of ether oxygens (including phenoxy) is 1. The van der Waals surface area contributed by atoms with Gasteiger partial charge in [-0.3, -0.25) is 0 Å². The molecule has 0 spiro atoms. The zero-order valence-corrected chi connectivity index (χ0v) is 31.6. The highest BCUT2D eigenvalue weighted by Gasteiger charge is 2.07. The van der Waals surface area contributed by atoms with E-state index in [0.29, 0.717) is 5.02 Å². The number of ketones is 1. The molecule has 1 aliphatic rings. The SMILES string of the molecule is C#C.CC(C)=O.CC1CCCC1.CCC(C)CC.CNCc1ccc(-c2cccc(C)c2)cc1.COC.Cc1cc(N)cc(Cl)c1. The Labute approximate surface area is 288 Å². The number of methoxy groups -OCH3 is 1. The molecule has 1 fully saturated rings. The Bertz CT molecular complexity index is 1090. The number of hydrogen-bond donors (Lipinski definition) is 2. The third-order valence-electron chi connectivity index (χ3n) is 6.79. The molecule has 1 aliphatic carbocycles. The third kappa shape index (κ3) is 29.6. The lowest BCUT2D eigenvalue weighted by atomic mass is 10.0. The van der Waals surface area contributed by atoms with Crippen LogP contribution in [0.4, 0.5) is 5.69 Å². The molecule has 3 aromatic carbocycles. The summed E-state index contributed by atoms with van der Waals surface area (Å²) >= 11 is 5.67. The van der Waals surface area contributed by atoms with Gasteiger partial charge in [-0.25, -0.2) is 0 Å². The van der Waals surface area contributed by atoms with Crippen molar-refractivity contribution in [1.29, 1.82) is 0 Å². The number of halogens is 1. The molecule has 3 aromatic rings. The van der Waals surface area contributed by atoms with E-state index >= 15 is 0 Å². The first kappa shape index (κ1) is 47.3. The highest BCUT2D eigenvalue weighted by atomic mass is 35.5. The maximum Gasteiger partial charge on any atom is 0.126 e. The van der Waals surface area contributed by atoms with E-state index in [4.69, 9.17) is 17.3 Å². The van der Waals surface area contributed by atoms with Gasteiger partial charge < -0.3 is 20.6 Å². The number of carbonyl (C=O) groups is 1. The normalized spacial score (nSPS) is 11.1. The number of carbonyl (C=O) groups excluding carboxylic acids is 1. The summed E-state index contributed by atoms with van der Waals surface area (Å²) in [6.07, 6.45) is 16.6. The monoisotopic (exact) mass is 652 g/mol. The molecule has 0 amide bonds. The van der Waals surface area contributed by atoms with Crippen LogP contribution >= 0.6 is 11.6 Å². The van der Waals surface area contributed by atoms with Crippen molar-refractivity contribution < 1.29 is 9.53 Å². The van der Waals surface area contributed by atoms with Crippen molar-refractivity contribution in [3.63, 3.8) is 0 Å². The molecule has 0 saturated heterocycles. The van der Waals surface area contributed by atoms with E-state index in [2.05, 4.69) is 106 Å². The number of benzene rings is 3. The van der Waals surface area contributed by atoms with E-state index in [9.17, 15) is 4.79 Å². The molecule has 0 unspecified atom stereocenters. The molecule has 0 atom stereocenters. The lowest BCUT2D eigenvalue weighted by Crippen LogP contribution is -2.04. The molecule has 0 bridgehead atoms. The summed E-state index contributed by atoms with van der Waals surface area (Å²) in [4.78, 5) is 9.44. The lowest BCUT2D eigenvalue weighted by Gasteiger charge is -2.05. The van der Waals surface area contributed by atoms with Crippen LogP contribution in [0.25, 0.3) is 11.1 Å². The smallest absolute Gasteiger partial charge is 0.126 e. The number of terminal acetylenes is 1. The second-order valence-corrected chi connectivity index (χ2v) is 12.2. The second kappa shape index (κ2) is 31.9. The lowest BCUT2D eigenvalue weighted by molar-refractivity contribution is -0.115. The summed E-state index contributed by atoms with van der Waals surface area (Å²) < 4.78 is 4.25. The number of aryl methyl sites for hydroxylation is 2. The Kier molecular flexibility index (Phi) is 32.8. The minimum atomic E-state index is 0.167. The van der Waals surface area contributed by atoms with E-state index in [1.165, 1.54) is 74.6 Å². The molecule has 4 rings (SSSR count). The molecule has 1 saturated carbocycles. The second-order valence-electron chi connectivity index (χ2n) is 11.8. The summed E-state index contributed by atoms with van der Waals surface area (Å²) in [5.74, 6) is 2.15. The Morgan fingerprint density at radius 3 is 1.74 bits per heavy atom. The number of nitrogens with two attached hydrogens (primary N) is 1. The van der Waals surface area contributed by atoms with Crippen LogP contribution in [-0.4, -0.2) is 27.1 Å². The quantitative estimate of drug-likeness (QED) is 0.213. The van der Waals surface area contributed by atoms with Crippen LogP contribution in [0.5, 0.6) is 0 Å². The zero-order valence-electron chi connectivity index (χ0n) is 30.9. The first-order chi connectivity index (χ1) is 21.8. The highest BCUT2D eigenvalue weighted by Crippen LogP contribution is 2.23. The van der Waals surface area contributed by atoms with Crippen molar-refractivity contribution in [3.8, 4) is 24.0 Å². The summed E-state index contributed by atoms with van der Waals surface area (Å²) in [5, 5.41) is 3.85. The van der Waals surface area contributed by atoms with E-state index in [1.54, 1.807) is 20.3 Å². The number of rotatable bonds is 5. The van der Waals surface area contributed by atoms with Crippen LogP contribution in [0.15, 0.2) is 66.7 Å². The standard InChI is InChI=1S/C15H17N.C7H8ClN.C6H12.C6H14.C3H6O.C2H6O.C2H2/c1-12-4-3-5-15(10-12)14-8-6-13(7-9-14)11-16-2;1-5-2-6(8)4-7(9)3-5;1-6-4-2-3-5-6;1-4-6(3)5-2;1-3(2)4;1-3-2;1-2/h3-10,16H,11H2,1-2H3;2-4H,9H2,1H3;6H,2-5H2,1H3;6H,4-5H2,1-3H3;1-2H3;1-2H3;1-2H. The van der Waals surface area contributed by atoms with Crippen LogP contribution in [0.2, 0.25) is 5.02 Å². The van der Waals surface area contributed by atoms with E-state index < -0.39 is 0 Å². The molecule has 258 valence electrons. The number of anilines is 1. The largest absolute Gasteiger partial charge is 0.399 e. The third-order valence-corrected chi connectivity index (χ3v) is 7.01. The molecule has 3 N–H and O–H groups in total. The molecule has 0 radical (unpaired) electrons. The van der Waals surface area contributed by atoms with Gasteiger partial charge in [-0.15, -0.1) is 12.8 Å². The average Bonchev–Trinajstić information content (AvgIpc) is 3.49. The van der Waals surface area contributed by atoms with Crippen molar-refractivity contribution in [2.24, 2.45) is 11.8 Å². The van der Waals surface area contributed by atoms with Gasteiger partial charge in [0.2, 0.25) is 0 Å². The Morgan fingerprint density at radius 2 is 1.41 bits per heavy atom. The van der Waals surface area contributed by atoms with Crippen LogP contribution in [-0.2, 0) is 16.1 Å². The molecule has 5 heteroatoms. The maximum atomic E-state index is 9.44. The molecular weight excluding hydrogens is 588 g/mol. The minimum Gasteiger partial charge on any atom is -0.399 e. The first-order valence-electron chi connectivity index (χ1n) is 16.4. The van der Waals surface area contributed by atoms with Crippen molar-refractivity contribution >= 4 is 23.1 Å². The Hall–Kier alpha value is -3.10. The van der Waals surface area contributed by atoms with E-state index in [0.717, 1.165) is 29.6 Å². The molecule has 4 nitrogen and oxygen atoms in total. The summed E-state index contributed by atoms with van der Waals surface area (Å²) in [6.45, 7) is 17.1. The predicted molar refractivity (Wildman–Crippen MR) is 207 cm³/mol. The van der Waals surface area contributed by atoms with Crippen LogP contribution in [0.1, 0.15) is 96.8 Å². The summed E-state index contributed by atoms with van der Waals surface area (Å²) in [6, 6.07) is 22.8. The number of nitrogen functional groups attached to an aromatic ring is 1. The fraction of sp³-hybridized carbons (Fsp3) is 0.488. The van der Waals surface area contributed by atoms with E-state index in [-0.39, 0.29) is 5.78 Å². The maximum absolute atomic E-state index is 9.44. The zero-order chi connectivity index (χ0) is 35.9. The van der Waals surface area contributed by atoms with Gasteiger partial charge in [0.15, 0.2) is 0 Å². The van der Waals surface area contributed by atoms with Crippen molar-refractivity contribution in [2.45, 2.75) is 100 Å². The first-order valence-corrected chi connectivity index (χ1v) is 16.7. The van der Waals surface area contributed by atoms with Crippen LogP contribution in [0, 0.1) is 38.5 Å². The molecule has 0 aliphatic heterocycles. The van der Waals surface area contributed by atoms with Gasteiger partial charge >= 0.3 is 0 Å². The van der Waals surface area contributed by atoms with Gasteiger partial charge in [-0.05, 0) is 87.0 Å². The molecule has 0 heterocycles. The van der Waals surface area contributed by atoms with E-state index in [1.807, 2.05) is 26.1 Å². The highest BCUT2D eigenvalue weighted by molar-refractivity contribution is 6.30. The number of Topliss-reactive ketones (excluding diaryl/α,β-unsaturated/α-hetero) is 1. The summed E-state index contributed by atoms with van der Waals surface area (Å²) in [5.41, 5.74) is 12.5. The topological polar surface area (TPSA) is 64.3 Å². The van der Waals surface area contributed by atoms with Gasteiger partial charge in [0.05, 0.1) is 0 Å². The van der Waals surface area contributed by atoms with Gasteiger partial charge in [0, 0.05) is 31.5 Å². The number of hydrogen-bond acceptors (Lipinski definition) is 4. The van der Waals surface area contributed by atoms with Gasteiger partial charge in [0.1, 0.15) is 5.78 Å². The van der Waals surface area contributed by atoms with Gasteiger partial charge in [-0.2, -0.15) is 0 Å². The Morgan fingerprint density at radius 1 is 0.913 bits per heavy atom. The van der Waals surface area contributed by atoms with Gasteiger partial charge in [0.25, 0.3) is 0 Å². The predicted octanol–water partition coefficient (Wildman–Crippen LogP) is 11.4. The molecule has 0 aromatic heterocycles. The van der Waals surface area contributed by atoms with Crippen molar-refractivity contribution in [2.75, 3.05) is 27.0 Å². The molecule has 46 heavy (non-hydrogen) atoms. The average molecular weight is 653 g/mol. The fourth-order valence-corrected chi connectivity index (χ4v) is 4.33. The van der Waals surface area contributed by atoms with Crippen molar-refractivity contribution in [3.05, 3.63) is 88.4 Å². The Balaban J connectivity index is -0.000000527. The molecular formula is C41H65ClN2O2. The number of nitrogens with one attached hydrogen (secondary N) is 1. The summed E-state index contributed by atoms with van der Waals surface area (Å²) in [7, 11) is 5.22. The fourth-order valence-electron chi connectivity index (χ4n) is 4.03. The van der Waals surface area contributed by atoms with Crippen LogP contribution < -0.4 is 11.1 Å².